The van der Waals surface area contributed by atoms with E-state index in [1.54, 1.807) is 0 Å². The normalized spacial score (nSPS) is 19.5. The van der Waals surface area contributed by atoms with Crippen LogP contribution in [-0.2, 0) is 12.0 Å². The van der Waals surface area contributed by atoms with E-state index in [1.807, 2.05) is 13.1 Å². The SMILES string of the molecule is C[C@H](O)CN1CCC(CNCc2cn[nH]c2C(C)(C)C)CC1. The molecule has 1 fully saturated rings. The number of aliphatic hydroxyl groups is 1. The standard InChI is InChI=1S/C17H32N4O/c1-13(22)12-21-7-5-14(6-8-21)9-18-10-15-11-19-20-16(15)17(2,3)4/h11,13-14,18,22H,5-10,12H2,1-4H3,(H,19,20)/t13-/m0/s1. The van der Waals surface area contributed by atoms with Gasteiger partial charge in [-0.25, -0.2) is 0 Å². The van der Waals surface area contributed by atoms with Crippen LogP contribution in [0.3, 0.4) is 0 Å². The maximum atomic E-state index is 9.45. The van der Waals surface area contributed by atoms with E-state index in [0.29, 0.717) is 0 Å². The molecule has 0 spiro atoms. The zero-order valence-corrected chi connectivity index (χ0v) is 14.5. The Morgan fingerprint density at radius 2 is 2.09 bits per heavy atom. The van der Waals surface area contributed by atoms with Gasteiger partial charge in [-0.3, -0.25) is 5.10 Å². The number of hydrogen-bond acceptors (Lipinski definition) is 4. The zero-order chi connectivity index (χ0) is 16.2. The summed E-state index contributed by atoms with van der Waals surface area (Å²) in [5, 5.41) is 20.4. The summed E-state index contributed by atoms with van der Waals surface area (Å²) in [4.78, 5) is 2.37. The van der Waals surface area contributed by atoms with Gasteiger partial charge in [-0.05, 0) is 45.3 Å². The Balaban J connectivity index is 1.71. The molecule has 5 heteroatoms. The number of likely N-dealkylation sites (tertiary alicyclic amines) is 1. The highest BCUT2D eigenvalue weighted by molar-refractivity contribution is 5.23. The van der Waals surface area contributed by atoms with Gasteiger partial charge in [-0.15, -0.1) is 0 Å². The van der Waals surface area contributed by atoms with E-state index >= 15 is 0 Å². The lowest BCUT2D eigenvalue weighted by Crippen LogP contribution is -2.40. The molecule has 2 heterocycles. The Labute approximate surface area is 134 Å². The van der Waals surface area contributed by atoms with E-state index in [2.05, 4.69) is 41.2 Å². The quantitative estimate of drug-likeness (QED) is 0.751. The molecule has 0 bridgehead atoms. The lowest BCUT2D eigenvalue weighted by Gasteiger charge is -2.32. The molecule has 1 atom stereocenters. The van der Waals surface area contributed by atoms with Gasteiger partial charge in [0.25, 0.3) is 0 Å². The molecule has 0 aliphatic carbocycles. The second-order valence-electron chi connectivity index (χ2n) is 7.74. The van der Waals surface area contributed by atoms with Crippen LogP contribution in [0.1, 0.15) is 51.8 Å². The van der Waals surface area contributed by atoms with Crippen LogP contribution >= 0.6 is 0 Å². The lowest BCUT2D eigenvalue weighted by molar-refractivity contribution is 0.0998. The number of aliphatic hydroxyl groups excluding tert-OH is 1. The summed E-state index contributed by atoms with van der Waals surface area (Å²) in [5.74, 6) is 0.746. The Kier molecular flexibility index (Phi) is 6.01. The molecule has 0 amide bonds. The van der Waals surface area contributed by atoms with Crippen LogP contribution in [0, 0.1) is 5.92 Å². The van der Waals surface area contributed by atoms with E-state index < -0.39 is 0 Å². The van der Waals surface area contributed by atoms with E-state index in [4.69, 9.17) is 0 Å². The van der Waals surface area contributed by atoms with Crippen molar-refractivity contribution in [1.29, 1.82) is 0 Å². The van der Waals surface area contributed by atoms with Gasteiger partial charge in [0.15, 0.2) is 0 Å². The van der Waals surface area contributed by atoms with E-state index in [-0.39, 0.29) is 11.5 Å². The van der Waals surface area contributed by atoms with Gasteiger partial charge in [0, 0.05) is 29.8 Å². The van der Waals surface area contributed by atoms with Crippen LogP contribution < -0.4 is 5.32 Å². The minimum Gasteiger partial charge on any atom is -0.392 e. The van der Waals surface area contributed by atoms with Crippen molar-refractivity contribution in [3.63, 3.8) is 0 Å². The number of aromatic nitrogens is 2. The van der Waals surface area contributed by atoms with Gasteiger partial charge in [0.1, 0.15) is 0 Å². The summed E-state index contributed by atoms with van der Waals surface area (Å²) in [6, 6.07) is 0. The summed E-state index contributed by atoms with van der Waals surface area (Å²) < 4.78 is 0. The largest absolute Gasteiger partial charge is 0.392 e. The molecule has 0 aromatic carbocycles. The van der Waals surface area contributed by atoms with Gasteiger partial charge < -0.3 is 15.3 Å². The van der Waals surface area contributed by atoms with Gasteiger partial charge in [-0.2, -0.15) is 5.10 Å². The molecule has 1 aromatic heterocycles. The first kappa shape index (κ1) is 17.4. The van der Waals surface area contributed by atoms with Gasteiger partial charge in [-0.1, -0.05) is 20.8 Å². The number of H-pyrrole nitrogens is 1. The third-order valence-corrected chi connectivity index (χ3v) is 4.45. The Morgan fingerprint density at radius 1 is 1.41 bits per heavy atom. The molecule has 2 rings (SSSR count). The van der Waals surface area contributed by atoms with E-state index in [0.717, 1.165) is 38.6 Å². The van der Waals surface area contributed by atoms with Crippen molar-refractivity contribution in [2.75, 3.05) is 26.2 Å². The number of piperidine rings is 1. The fourth-order valence-corrected chi connectivity index (χ4v) is 3.25. The molecule has 126 valence electrons. The first-order valence-corrected chi connectivity index (χ1v) is 8.50. The molecule has 1 aromatic rings. The smallest absolute Gasteiger partial charge is 0.0639 e. The fourth-order valence-electron chi connectivity index (χ4n) is 3.25. The monoisotopic (exact) mass is 308 g/mol. The number of hydrogen-bond donors (Lipinski definition) is 3. The second-order valence-corrected chi connectivity index (χ2v) is 7.74. The van der Waals surface area contributed by atoms with Crippen LogP contribution in [0.25, 0.3) is 0 Å². The summed E-state index contributed by atoms with van der Waals surface area (Å²) in [5.41, 5.74) is 2.62. The van der Waals surface area contributed by atoms with Crippen LogP contribution in [-0.4, -0.2) is 52.5 Å². The zero-order valence-electron chi connectivity index (χ0n) is 14.5. The maximum Gasteiger partial charge on any atom is 0.0639 e. The molecule has 1 aliphatic rings. The maximum absolute atomic E-state index is 9.45. The Bertz CT molecular complexity index is 442. The van der Waals surface area contributed by atoms with E-state index in [9.17, 15) is 5.11 Å². The predicted octanol–water partition coefficient (Wildman–Crippen LogP) is 1.89. The average molecular weight is 308 g/mol. The van der Waals surface area contributed by atoms with Crippen LogP contribution in [0.5, 0.6) is 0 Å². The molecule has 1 aliphatic heterocycles. The Morgan fingerprint density at radius 3 is 2.68 bits per heavy atom. The first-order chi connectivity index (χ1) is 10.4. The molecular weight excluding hydrogens is 276 g/mol. The van der Waals surface area contributed by atoms with Crippen LogP contribution in [0.2, 0.25) is 0 Å². The number of β-amino-alcohol motifs (C(OH)–C–C–N with tert-alkyl or cyclic N) is 1. The number of nitrogens with one attached hydrogen (secondary N) is 2. The topological polar surface area (TPSA) is 64.2 Å². The highest BCUT2D eigenvalue weighted by atomic mass is 16.3. The van der Waals surface area contributed by atoms with Crippen molar-refractivity contribution in [3.8, 4) is 0 Å². The van der Waals surface area contributed by atoms with Crippen molar-refractivity contribution in [2.45, 2.75) is 58.6 Å². The minimum absolute atomic E-state index is 0.111. The van der Waals surface area contributed by atoms with Gasteiger partial charge in [0.2, 0.25) is 0 Å². The van der Waals surface area contributed by atoms with Crippen LogP contribution in [0.15, 0.2) is 6.20 Å². The van der Waals surface area contributed by atoms with Crippen molar-refractivity contribution in [3.05, 3.63) is 17.5 Å². The van der Waals surface area contributed by atoms with Crippen molar-refractivity contribution in [2.24, 2.45) is 5.92 Å². The molecule has 0 unspecified atom stereocenters. The van der Waals surface area contributed by atoms with Crippen molar-refractivity contribution >= 4 is 0 Å². The molecule has 5 nitrogen and oxygen atoms in total. The van der Waals surface area contributed by atoms with Crippen molar-refractivity contribution < 1.29 is 5.11 Å². The first-order valence-electron chi connectivity index (χ1n) is 8.50. The number of aromatic amines is 1. The van der Waals surface area contributed by atoms with Gasteiger partial charge >= 0.3 is 0 Å². The summed E-state index contributed by atoms with van der Waals surface area (Å²) >= 11 is 0. The average Bonchev–Trinajstić information content (AvgIpc) is 2.88. The van der Waals surface area contributed by atoms with E-state index in [1.165, 1.54) is 24.1 Å². The number of nitrogens with zero attached hydrogens (tertiary/aromatic N) is 2. The highest BCUT2D eigenvalue weighted by Gasteiger charge is 2.21. The van der Waals surface area contributed by atoms with Crippen molar-refractivity contribution in [1.82, 2.24) is 20.4 Å². The summed E-state index contributed by atoms with van der Waals surface area (Å²) in [7, 11) is 0. The highest BCUT2D eigenvalue weighted by Crippen LogP contribution is 2.23. The third-order valence-electron chi connectivity index (χ3n) is 4.45. The molecule has 0 saturated carbocycles. The third kappa shape index (κ3) is 5.07. The summed E-state index contributed by atoms with van der Waals surface area (Å²) in [6.07, 6.45) is 4.17. The molecule has 3 N–H and O–H groups in total. The Hall–Kier alpha value is -0.910. The number of rotatable bonds is 6. The molecular formula is C17H32N4O. The van der Waals surface area contributed by atoms with Gasteiger partial charge in [0.05, 0.1) is 12.3 Å². The molecule has 1 saturated heterocycles. The predicted molar refractivity (Wildman–Crippen MR) is 89.8 cm³/mol. The minimum atomic E-state index is -0.216. The second kappa shape index (κ2) is 7.57. The lowest BCUT2D eigenvalue weighted by atomic mass is 9.89. The molecule has 0 radical (unpaired) electrons. The molecule has 22 heavy (non-hydrogen) atoms. The fraction of sp³-hybridized carbons (Fsp3) is 0.824. The van der Waals surface area contributed by atoms with Crippen LogP contribution in [0.4, 0.5) is 0 Å². The summed E-state index contributed by atoms with van der Waals surface area (Å²) in [6.45, 7) is 13.5.